The van der Waals surface area contributed by atoms with E-state index in [-0.39, 0.29) is 11.7 Å². The number of hydrogen-bond acceptors (Lipinski definition) is 5. The number of rotatable bonds is 6. The molecule has 1 aromatic heterocycles. The minimum Gasteiger partial charge on any atom is -0.497 e. The minimum absolute atomic E-state index is 0.244. The van der Waals surface area contributed by atoms with E-state index in [1.54, 1.807) is 67.9 Å². The van der Waals surface area contributed by atoms with Crippen LogP contribution in [-0.4, -0.2) is 23.0 Å². The van der Waals surface area contributed by atoms with Gasteiger partial charge in [0.25, 0.3) is 5.91 Å². The van der Waals surface area contributed by atoms with E-state index in [1.807, 2.05) is 12.1 Å². The lowest BCUT2D eigenvalue weighted by Gasteiger charge is -2.10. The molecule has 0 radical (unpaired) electrons. The molecule has 0 aliphatic carbocycles. The molecule has 4 aromatic rings. The Bertz CT molecular complexity index is 1210. The van der Waals surface area contributed by atoms with Gasteiger partial charge < -0.3 is 15.4 Å². The molecule has 1 heterocycles. The van der Waals surface area contributed by atoms with E-state index < -0.39 is 0 Å². The summed E-state index contributed by atoms with van der Waals surface area (Å²) in [7, 11) is 1.57. The van der Waals surface area contributed by atoms with E-state index in [2.05, 4.69) is 20.6 Å². The summed E-state index contributed by atoms with van der Waals surface area (Å²) in [4.78, 5) is 21.4. The Balaban J connectivity index is 1.50. The van der Waals surface area contributed by atoms with Gasteiger partial charge in [0.2, 0.25) is 0 Å². The van der Waals surface area contributed by atoms with Crippen LogP contribution in [0.4, 0.5) is 21.6 Å². The number of nitrogens with one attached hydrogen (secondary N) is 2. The number of anilines is 3. The molecule has 0 bridgehead atoms. The molecule has 7 heteroatoms. The molecule has 4 rings (SSSR count). The maximum atomic E-state index is 13.2. The Labute approximate surface area is 178 Å². The van der Waals surface area contributed by atoms with Gasteiger partial charge in [0.05, 0.1) is 7.11 Å². The van der Waals surface area contributed by atoms with Crippen LogP contribution in [-0.2, 0) is 0 Å². The second kappa shape index (κ2) is 9.04. The van der Waals surface area contributed by atoms with Gasteiger partial charge in [-0.15, -0.1) is 0 Å². The summed E-state index contributed by atoms with van der Waals surface area (Å²) >= 11 is 0. The summed E-state index contributed by atoms with van der Waals surface area (Å²) in [6.07, 6.45) is 1.62. The van der Waals surface area contributed by atoms with E-state index in [0.29, 0.717) is 39.9 Å². The third-order valence-corrected chi connectivity index (χ3v) is 4.48. The Kier molecular flexibility index (Phi) is 5.84. The van der Waals surface area contributed by atoms with Crippen LogP contribution >= 0.6 is 0 Å². The zero-order valence-corrected chi connectivity index (χ0v) is 16.7. The number of benzene rings is 3. The molecule has 154 valence electrons. The average molecular weight is 414 g/mol. The summed E-state index contributed by atoms with van der Waals surface area (Å²) in [5.41, 5.74) is 2.53. The molecule has 0 aliphatic heterocycles. The molecule has 2 N–H and O–H groups in total. The van der Waals surface area contributed by atoms with Crippen molar-refractivity contribution in [3.05, 3.63) is 96.4 Å². The van der Waals surface area contributed by atoms with Crippen molar-refractivity contribution < 1.29 is 13.9 Å². The standard InChI is InChI=1S/C24H19FN4O2/c1-31-21-7-3-6-20(15-21)28-24(30)17-4-2-5-19(14-17)27-22-12-13-26-23(29-22)16-8-10-18(25)11-9-16/h2-15H,1H3,(H,28,30)(H,26,27,29). The maximum Gasteiger partial charge on any atom is 0.255 e. The van der Waals surface area contributed by atoms with E-state index in [9.17, 15) is 9.18 Å². The van der Waals surface area contributed by atoms with Crippen LogP contribution in [0.5, 0.6) is 5.75 Å². The maximum absolute atomic E-state index is 13.2. The highest BCUT2D eigenvalue weighted by Gasteiger charge is 2.09. The highest BCUT2D eigenvalue weighted by atomic mass is 19.1. The number of methoxy groups -OCH3 is 1. The van der Waals surface area contributed by atoms with Gasteiger partial charge in [0.15, 0.2) is 5.82 Å². The van der Waals surface area contributed by atoms with Gasteiger partial charge in [0.1, 0.15) is 17.4 Å². The zero-order chi connectivity index (χ0) is 21.6. The number of nitrogens with zero attached hydrogens (tertiary/aromatic N) is 2. The number of hydrogen-bond donors (Lipinski definition) is 2. The quantitative estimate of drug-likeness (QED) is 0.449. The van der Waals surface area contributed by atoms with Crippen molar-refractivity contribution in [3.8, 4) is 17.1 Å². The predicted octanol–water partition coefficient (Wildman–Crippen LogP) is 5.29. The van der Waals surface area contributed by atoms with Crippen LogP contribution in [0.3, 0.4) is 0 Å². The monoisotopic (exact) mass is 414 g/mol. The lowest BCUT2D eigenvalue weighted by molar-refractivity contribution is 0.102. The van der Waals surface area contributed by atoms with Gasteiger partial charge in [0, 0.05) is 34.8 Å². The highest BCUT2D eigenvalue weighted by Crippen LogP contribution is 2.21. The van der Waals surface area contributed by atoms with Crippen molar-refractivity contribution in [2.75, 3.05) is 17.7 Å². The van der Waals surface area contributed by atoms with Crippen LogP contribution in [0, 0.1) is 5.82 Å². The van der Waals surface area contributed by atoms with Crippen molar-refractivity contribution in [1.29, 1.82) is 0 Å². The third kappa shape index (κ3) is 5.02. The van der Waals surface area contributed by atoms with Crippen molar-refractivity contribution >= 4 is 23.1 Å². The molecule has 6 nitrogen and oxygen atoms in total. The number of ether oxygens (including phenoxy) is 1. The Morgan fingerprint density at radius 1 is 0.935 bits per heavy atom. The molecule has 0 saturated heterocycles. The second-order valence-corrected chi connectivity index (χ2v) is 6.66. The average Bonchev–Trinajstić information content (AvgIpc) is 2.80. The lowest BCUT2D eigenvalue weighted by atomic mass is 10.1. The first-order chi connectivity index (χ1) is 15.1. The number of aromatic nitrogens is 2. The van der Waals surface area contributed by atoms with Crippen molar-refractivity contribution in [2.45, 2.75) is 0 Å². The second-order valence-electron chi connectivity index (χ2n) is 6.66. The van der Waals surface area contributed by atoms with Gasteiger partial charge >= 0.3 is 0 Å². The van der Waals surface area contributed by atoms with Crippen LogP contribution in [0.2, 0.25) is 0 Å². The number of carbonyl (C=O) groups excluding carboxylic acids is 1. The van der Waals surface area contributed by atoms with Crippen LogP contribution in [0.1, 0.15) is 10.4 Å². The van der Waals surface area contributed by atoms with Gasteiger partial charge in [-0.2, -0.15) is 0 Å². The SMILES string of the molecule is COc1cccc(NC(=O)c2cccc(Nc3ccnc(-c4ccc(F)cc4)n3)c2)c1. The van der Waals surface area contributed by atoms with Gasteiger partial charge in [-0.3, -0.25) is 4.79 Å². The van der Waals surface area contributed by atoms with Crippen LogP contribution in [0.15, 0.2) is 85.1 Å². The molecule has 0 spiro atoms. The van der Waals surface area contributed by atoms with E-state index in [4.69, 9.17) is 4.74 Å². The van der Waals surface area contributed by atoms with E-state index in [1.165, 1.54) is 12.1 Å². The first kappa shape index (κ1) is 20.0. The normalized spacial score (nSPS) is 10.4. The number of amides is 1. The summed E-state index contributed by atoms with van der Waals surface area (Å²) in [6, 6.07) is 21.9. The molecule has 0 saturated carbocycles. The van der Waals surface area contributed by atoms with E-state index >= 15 is 0 Å². The fraction of sp³-hybridized carbons (Fsp3) is 0.0417. The molecule has 0 aliphatic rings. The fourth-order valence-electron chi connectivity index (χ4n) is 2.96. The highest BCUT2D eigenvalue weighted by molar-refractivity contribution is 6.05. The Morgan fingerprint density at radius 2 is 1.71 bits per heavy atom. The first-order valence-corrected chi connectivity index (χ1v) is 9.52. The Hall–Kier alpha value is -4.26. The molecular weight excluding hydrogens is 395 g/mol. The predicted molar refractivity (Wildman–Crippen MR) is 118 cm³/mol. The summed E-state index contributed by atoms with van der Waals surface area (Å²) < 4.78 is 18.3. The van der Waals surface area contributed by atoms with Gasteiger partial charge in [-0.25, -0.2) is 14.4 Å². The third-order valence-electron chi connectivity index (χ3n) is 4.48. The molecule has 0 unspecified atom stereocenters. The van der Waals surface area contributed by atoms with Crippen molar-refractivity contribution in [2.24, 2.45) is 0 Å². The number of halogens is 1. The molecule has 3 aromatic carbocycles. The van der Waals surface area contributed by atoms with Crippen molar-refractivity contribution in [3.63, 3.8) is 0 Å². The molecule has 1 amide bonds. The van der Waals surface area contributed by atoms with Gasteiger partial charge in [-0.05, 0) is 60.7 Å². The smallest absolute Gasteiger partial charge is 0.255 e. The largest absolute Gasteiger partial charge is 0.497 e. The molecule has 0 atom stereocenters. The molecular formula is C24H19FN4O2. The zero-order valence-electron chi connectivity index (χ0n) is 16.7. The van der Waals surface area contributed by atoms with E-state index in [0.717, 1.165) is 0 Å². The topological polar surface area (TPSA) is 76.1 Å². The molecule has 0 fully saturated rings. The number of carbonyl (C=O) groups is 1. The minimum atomic E-state index is -0.318. The summed E-state index contributed by atoms with van der Waals surface area (Å²) in [5, 5.41) is 6.03. The van der Waals surface area contributed by atoms with Gasteiger partial charge in [-0.1, -0.05) is 12.1 Å². The summed E-state index contributed by atoms with van der Waals surface area (Å²) in [6.45, 7) is 0. The summed E-state index contributed by atoms with van der Waals surface area (Å²) in [5.74, 6) is 1.12. The van der Waals surface area contributed by atoms with Crippen LogP contribution in [0.25, 0.3) is 11.4 Å². The lowest BCUT2D eigenvalue weighted by Crippen LogP contribution is -2.12. The van der Waals surface area contributed by atoms with Crippen molar-refractivity contribution in [1.82, 2.24) is 9.97 Å². The Morgan fingerprint density at radius 3 is 2.52 bits per heavy atom. The van der Waals surface area contributed by atoms with Crippen LogP contribution < -0.4 is 15.4 Å². The fourth-order valence-corrected chi connectivity index (χ4v) is 2.96. The first-order valence-electron chi connectivity index (χ1n) is 9.52. The molecule has 31 heavy (non-hydrogen) atoms.